The van der Waals surface area contributed by atoms with E-state index in [1.54, 1.807) is 0 Å². The molecule has 0 bridgehead atoms. The summed E-state index contributed by atoms with van der Waals surface area (Å²) in [6.07, 6.45) is 3.11. The highest BCUT2D eigenvalue weighted by molar-refractivity contribution is 5.94. The first-order chi connectivity index (χ1) is 14.4. The molecule has 0 saturated carbocycles. The van der Waals surface area contributed by atoms with E-state index in [2.05, 4.69) is 10.3 Å². The number of hydrogen-bond acceptors (Lipinski definition) is 5. The Bertz CT molecular complexity index is 712. The minimum atomic E-state index is -0.289. The summed E-state index contributed by atoms with van der Waals surface area (Å²) < 4.78 is 5.06. The van der Waals surface area contributed by atoms with E-state index in [0.717, 1.165) is 38.0 Å². The molecule has 1 N–H and O–H groups in total. The highest BCUT2D eigenvalue weighted by Crippen LogP contribution is 2.31. The van der Waals surface area contributed by atoms with Crippen molar-refractivity contribution in [3.8, 4) is 0 Å². The molecule has 174 valence electrons. The minimum absolute atomic E-state index is 0. The van der Waals surface area contributed by atoms with Crippen LogP contribution in [0.3, 0.4) is 0 Å². The number of ether oxygens (including phenoxy) is 1. The summed E-state index contributed by atoms with van der Waals surface area (Å²) in [5.74, 6) is 0.240. The van der Waals surface area contributed by atoms with Crippen LogP contribution in [0.25, 0.3) is 0 Å². The number of anilines is 1. The first kappa shape index (κ1) is 25.4. The lowest BCUT2D eigenvalue weighted by atomic mass is 9.94. The van der Waals surface area contributed by atoms with Gasteiger partial charge in [-0.15, -0.1) is 12.4 Å². The van der Waals surface area contributed by atoms with Gasteiger partial charge in [-0.1, -0.05) is 32.0 Å². The second kappa shape index (κ2) is 11.7. The summed E-state index contributed by atoms with van der Waals surface area (Å²) in [5.41, 5.74) is 0.878. The van der Waals surface area contributed by atoms with E-state index in [9.17, 15) is 9.59 Å². The van der Waals surface area contributed by atoms with Crippen molar-refractivity contribution in [1.82, 2.24) is 15.3 Å². The third kappa shape index (κ3) is 5.90. The smallest absolute Gasteiger partial charge is 0.340 e. The van der Waals surface area contributed by atoms with Crippen LogP contribution in [0.5, 0.6) is 0 Å². The summed E-state index contributed by atoms with van der Waals surface area (Å²) >= 11 is 0. The molecule has 7 nitrogen and oxygen atoms in total. The van der Waals surface area contributed by atoms with Crippen LogP contribution in [0, 0.1) is 17.8 Å². The standard InChI is InChI=1S/C23H36N4O3.ClH/c1-17(2)21(22(28)30-4)16-26-18(3)27(20-8-6-5-7-9-20)23(29)25(26)15-12-19-10-13-24-14-11-19;/h5-9,17-19,21,24H,10-16H2,1-4H3;1H. The van der Waals surface area contributed by atoms with Crippen LogP contribution in [0.2, 0.25) is 0 Å². The Morgan fingerprint density at radius 2 is 1.84 bits per heavy atom. The number of carbonyl (C=O) groups is 2. The Kier molecular flexibility index (Phi) is 9.59. The van der Waals surface area contributed by atoms with E-state index < -0.39 is 0 Å². The quantitative estimate of drug-likeness (QED) is 0.608. The van der Waals surface area contributed by atoms with Crippen LogP contribution in [-0.2, 0) is 9.53 Å². The number of rotatable bonds is 8. The van der Waals surface area contributed by atoms with Crippen molar-refractivity contribution in [1.29, 1.82) is 0 Å². The van der Waals surface area contributed by atoms with Crippen LogP contribution in [0.15, 0.2) is 30.3 Å². The number of amides is 2. The van der Waals surface area contributed by atoms with Crippen LogP contribution in [-0.4, -0.2) is 61.5 Å². The molecule has 2 saturated heterocycles. The van der Waals surface area contributed by atoms with Crippen molar-refractivity contribution in [3.63, 3.8) is 0 Å². The lowest BCUT2D eigenvalue weighted by molar-refractivity contribution is -0.149. The van der Waals surface area contributed by atoms with Crippen LogP contribution < -0.4 is 10.2 Å². The third-order valence-corrected chi connectivity index (χ3v) is 6.48. The number of piperidine rings is 1. The fourth-order valence-corrected chi connectivity index (χ4v) is 4.50. The van der Waals surface area contributed by atoms with Gasteiger partial charge in [0, 0.05) is 18.8 Å². The highest BCUT2D eigenvalue weighted by Gasteiger charge is 2.44. The number of hydrogen-bond donors (Lipinski definition) is 1. The van der Waals surface area contributed by atoms with E-state index in [0.29, 0.717) is 19.0 Å². The van der Waals surface area contributed by atoms with Gasteiger partial charge >= 0.3 is 12.0 Å². The van der Waals surface area contributed by atoms with E-state index in [-0.39, 0.29) is 42.4 Å². The Balaban J connectivity index is 0.00000341. The number of carbonyl (C=O) groups excluding carboxylic acids is 2. The average Bonchev–Trinajstić information content (AvgIpc) is 2.99. The third-order valence-electron chi connectivity index (χ3n) is 6.48. The van der Waals surface area contributed by atoms with Crippen molar-refractivity contribution >= 4 is 30.1 Å². The molecule has 0 aliphatic carbocycles. The summed E-state index contributed by atoms with van der Waals surface area (Å²) in [7, 11) is 1.43. The zero-order chi connectivity index (χ0) is 21.7. The largest absolute Gasteiger partial charge is 0.469 e. The number of nitrogens with zero attached hydrogens (tertiary/aromatic N) is 3. The maximum atomic E-state index is 13.5. The van der Waals surface area contributed by atoms with Crippen molar-refractivity contribution in [2.75, 3.05) is 38.2 Å². The molecule has 2 aliphatic rings. The monoisotopic (exact) mass is 452 g/mol. The highest BCUT2D eigenvalue weighted by atomic mass is 35.5. The fourth-order valence-electron chi connectivity index (χ4n) is 4.50. The first-order valence-corrected chi connectivity index (χ1v) is 11.1. The fraction of sp³-hybridized carbons (Fsp3) is 0.652. The molecule has 1 aromatic carbocycles. The van der Waals surface area contributed by atoms with Gasteiger partial charge in [-0.3, -0.25) is 14.7 Å². The molecule has 0 radical (unpaired) electrons. The SMILES string of the molecule is COC(=O)C(CN1C(C)N(c2ccccc2)C(=O)N1CCC1CCNCC1)C(C)C.Cl. The molecule has 3 rings (SSSR count). The topological polar surface area (TPSA) is 65.1 Å². The molecular formula is C23H37ClN4O3. The average molecular weight is 453 g/mol. The number of methoxy groups -OCH3 is 1. The summed E-state index contributed by atoms with van der Waals surface area (Å²) in [4.78, 5) is 27.7. The number of benzene rings is 1. The summed E-state index contributed by atoms with van der Waals surface area (Å²) in [5, 5.41) is 7.33. The predicted octanol–water partition coefficient (Wildman–Crippen LogP) is 3.75. The van der Waals surface area contributed by atoms with E-state index >= 15 is 0 Å². The Morgan fingerprint density at radius 3 is 2.42 bits per heavy atom. The first-order valence-electron chi connectivity index (χ1n) is 11.1. The van der Waals surface area contributed by atoms with Gasteiger partial charge in [-0.05, 0) is 63.2 Å². The molecule has 31 heavy (non-hydrogen) atoms. The molecule has 2 atom stereocenters. The van der Waals surface area contributed by atoms with Crippen LogP contribution in [0.1, 0.15) is 40.0 Å². The van der Waals surface area contributed by atoms with E-state index in [1.165, 1.54) is 7.11 Å². The van der Waals surface area contributed by atoms with Crippen molar-refractivity contribution in [2.24, 2.45) is 17.8 Å². The Morgan fingerprint density at radius 1 is 1.19 bits per heavy atom. The van der Waals surface area contributed by atoms with Gasteiger partial charge in [0.25, 0.3) is 0 Å². The Hall–Kier alpha value is -1.83. The van der Waals surface area contributed by atoms with E-state index in [1.807, 2.05) is 61.0 Å². The van der Waals surface area contributed by atoms with Gasteiger partial charge in [0.2, 0.25) is 0 Å². The molecule has 2 amide bonds. The lowest BCUT2D eigenvalue weighted by Crippen LogP contribution is -2.47. The second-order valence-corrected chi connectivity index (χ2v) is 8.72. The maximum Gasteiger partial charge on any atom is 0.340 e. The number of hydrazine groups is 1. The van der Waals surface area contributed by atoms with Gasteiger partial charge in [0.05, 0.1) is 13.0 Å². The zero-order valence-corrected chi connectivity index (χ0v) is 19.9. The number of esters is 1. The van der Waals surface area contributed by atoms with Gasteiger partial charge in [-0.2, -0.15) is 5.01 Å². The predicted molar refractivity (Wildman–Crippen MR) is 125 cm³/mol. The number of halogens is 1. The molecule has 1 aromatic rings. The van der Waals surface area contributed by atoms with Crippen molar-refractivity contribution in [3.05, 3.63) is 30.3 Å². The van der Waals surface area contributed by atoms with Crippen LogP contribution in [0.4, 0.5) is 10.5 Å². The Labute approximate surface area is 192 Å². The molecule has 2 unspecified atom stereocenters. The summed E-state index contributed by atoms with van der Waals surface area (Å²) in [6.45, 7) is 9.32. The van der Waals surface area contributed by atoms with Gasteiger partial charge in [0.1, 0.15) is 6.17 Å². The van der Waals surface area contributed by atoms with Gasteiger partial charge < -0.3 is 10.1 Å². The molecule has 0 aromatic heterocycles. The molecule has 0 spiro atoms. The maximum absolute atomic E-state index is 13.5. The molecule has 2 heterocycles. The van der Waals surface area contributed by atoms with Gasteiger partial charge in [0.15, 0.2) is 0 Å². The van der Waals surface area contributed by atoms with Gasteiger partial charge in [-0.25, -0.2) is 4.79 Å². The van der Waals surface area contributed by atoms with Crippen molar-refractivity contribution in [2.45, 2.75) is 46.2 Å². The zero-order valence-electron chi connectivity index (χ0n) is 19.1. The normalized spacial score (nSPS) is 21.3. The second-order valence-electron chi connectivity index (χ2n) is 8.72. The molecule has 8 heteroatoms. The van der Waals surface area contributed by atoms with Crippen LogP contribution >= 0.6 is 12.4 Å². The minimum Gasteiger partial charge on any atom is -0.469 e. The number of nitrogens with one attached hydrogen (secondary N) is 1. The van der Waals surface area contributed by atoms with E-state index in [4.69, 9.17) is 4.74 Å². The lowest BCUT2D eigenvalue weighted by Gasteiger charge is -2.34. The number of urea groups is 1. The molecule has 2 aliphatic heterocycles. The number of para-hydroxylation sites is 1. The summed E-state index contributed by atoms with van der Waals surface area (Å²) in [6, 6.07) is 9.75. The molecular weight excluding hydrogens is 416 g/mol. The van der Waals surface area contributed by atoms with Crippen molar-refractivity contribution < 1.29 is 14.3 Å². The molecule has 2 fully saturated rings.